The molecule has 1 aromatic rings. The van der Waals surface area contributed by atoms with Crippen molar-refractivity contribution in [2.24, 2.45) is 0 Å². The van der Waals surface area contributed by atoms with Crippen LogP contribution < -0.4 is 0 Å². The maximum absolute atomic E-state index is 14.0. The van der Waals surface area contributed by atoms with E-state index in [1.54, 1.807) is 0 Å². The average molecular weight is 603 g/mol. The minimum absolute atomic E-state index is 0.0911. The molecule has 0 amide bonds. The van der Waals surface area contributed by atoms with E-state index in [1.807, 2.05) is 0 Å². The summed E-state index contributed by atoms with van der Waals surface area (Å²) in [6.45, 7) is -0.637. The number of hydrogen-bond donors (Lipinski definition) is 0. The predicted octanol–water partition coefficient (Wildman–Crippen LogP) is 8.35. The van der Waals surface area contributed by atoms with Gasteiger partial charge in [-0.15, -0.1) is 0 Å². The van der Waals surface area contributed by atoms with Crippen molar-refractivity contribution in [2.45, 2.75) is 60.5 Å². The van der Waals surface area contributed by atoms with E-state index >= 15 is 0 Å². The number of hydrogen-bond acceptors (Lipinski definition) is 0. The van der Waals surface area contributed by atoms with Crippen LogP contribution in [-0.2, 0) is 5.92 Å². The molecule has 0 aromatic heterocycles. The van der Waals surface area contributed by atoms with Crippen LogP contribution in [0.1, 0.15) is 12.5 Å². The van der Waals surface area contributed by atoms with Crippen LogP contribution in [0.2, 0.25) is 0 Å². The monoisotopic (exact) mass is 602 g/mol. The average Bonchev–Trinajstić information content (AvgIpc) is 2.66. The lowest BCUT2D eigenvalue weighted by Crippen LogP contribution is -2.75. The molecule has 1 unspecified atom stereocenters. The van der Waals surface area contributed by atoms with E-state index in [-0.39, 0.29) is 12.1 Å². The van der Waals surface area contributed by atoms with Crippen molar-refractivity contribution in [2.75, 3.05) is 0 Å². The summed E-state index contributed by atoms with van der Waals surface area (Å²) in [5, 5.41) is 0. The van der Waals surface area contributed by atoms with Gasteiger partial charge >= 0.3 is 47.4 Å². The fraction of sp³-hybridized carbons (Fsp3) is 0.625. The quantitative estimate of drug-likeness (QED) is 0.249. The van der Waals surface area contributed by atoms with Crippen molar-refractivity contribution >= 4 is 15.9 Å². The van der Waals surface area contributed by atoms with E-state index in [2.05, 4.69) is 15.9 Å². The largest absolute Gasteiger partial charge is 0.385 e. The zero-order chi connectivity index (χ0) is 27.6. The van der Waals surface area contributed by atoms with Gasteiger partial charge in [0.25, 0.3) is 0 Å². The van der Waals surface area contributed by atoms with Gasteiger partial charge in [-0.25, -0.2) is 4.39 Å². The van der Waals surface area contributed by atoms with Crippen LogP contribution in [0, 0.1) is 0 Å². The van der Waals surface area contributed by atoms with Crippen molar-refractivity contribution in [1.82, 2.24) is 0 Å². The Hall–Kier alpha value is -1.49. The van der Waals surface area contributed by atoms with Gasteiger partial charge in [-0.1, -0.05) is 28.1 Å². The predicted molar refractivity (Wildman–Crippen MR) is 83.2 cm³/mol. The van der Waals surface area contributed by atoms with E-state index in [4.69, 9.17) is 0 Å². The molecule has 0 aliphatic heterocycles. The summed E-state index contributed by atoms with van der Waals surface area (Å²) < 4.78 is 230. The van der Waals surface area contributed by atoms with Crippen molar-refractivity contribution in [1.29, 1.82) is 0 Å². The van der Waals surface area contributed by atoms with E-state index in [9.17, 15) is 74.6 Å². The Balaban J connectivity index is 3.75. The van der Waals surface area contributed by atoms with Crippen molar-refractivity contribution < 1.29 is 74.6 Å². The molecule has 0 aliphatic carbocycles. The molecule has 0 aliphatic rings. The second-order valence-corrected chi connectivity index (χ2v) is 7.69. The molecule has 0 saturated heterocycles. The minimum Gasteiger partial charge on any atom is -0.241 e. The van der Waals surface area contributed by atoms with Gasteiger partial charge in [-0.05, 0) is 19.1 Å². The van der Waals surface area contributed by atoms with Gasteiger partial charge in [0.15, 0.2) is 6.17 Å². The molecule has 0 bridgehead atoms. The molecule has 0 spiro atoms. The Bertz CT molecular complexity index is 889. The highest BCUT2D eigenvalue weighted by Crippen LogP contribution is 2.65. The maximum atomic E-state index is 14.0. The van der Waals surface area contributed by atoms with Gasteiger partial charge in [0.1, 0.15) is 0 Å². The highest BCUT2D eigenvalue weighted by molar-refractivity contribution is 9.10. The molecule has 0 radical (unpaired) electrons. The summed E-state index contributed by atoms with van der Waals surface area (Å²) in [7, 11) is 0. The van der Waals surface area contributed by atoms with E-state index in [1.165, 1.54) is 0 Å². The van der Waals surface area contributed by atoms with Gasteiger partial charge < -0.3 is 0 Å². The zero-order valence-corrected chi connectivity index (χ0v) is 17.3. The lowest BCUT2D eigenvalue weighted by Gasteiger charge is -2.43. The van der Waals surface area contributed by atoms with Crippen LogP contribution in [0.5, 0.6) is 0 Å². The second-order valence-electron chi connectivity index (χ2n) is 6.77. The fourth-order valence-corrected chi connectivity index (χ4v) is 2.71. The van der Waals surface area contributed by atoms with Crippen LogP contribution in [-0.4, -0.2) is 47.6 Å². The Morgan fingerprint density at radius 1 is 0.588 bits per heavy atom. The van der Waals surface area contributed by atoms with Gasteiger partial charge in [-0.3, -0.25) is 0 Å². The van der Waals surface area contributed by atoms with Crippen molar-refractivity contribution in [3.63, 3.8) is 0 Å². The van der Waals surface area contributed by atoms with E-state index in [0.29, 0.717) is 6.07 Å². The molecule has 1 aromatic carbocycles. The highest BCUT2D eigenvalue weighted by atomic mass is 79.9. The molecular weight excluding hydrogens is 595 g/mol. The number of alkyl halides is 17. The summed E-state index contributed by atoms with van der Waals surface area (Å²) >= 11 is 2.40. The topological polar surface area (TPSA) is 0 Å². The van der Waals surface area contributed by atoms with Crippen LogP contribution >= 0.6 is 15.9 Å². The van der Waals surface area contributed by atoms with Crippen LogP contribution in [0.3, 0.4) is 0 Å². The molecular formula is C16H8BrF17. The van der Waals surface area contributed by atoms with E-state index < -0.39 is 70.5 Å². The summed E-state index contributed by atoms with van der Waals surface area (Å²) in [6, 6.07) is 1.07. The second kappa shape index (κ2) is 8.28. The first-order valence-electron chi connectivity index (χ1n) is 8.12. The number of halogens is 18. The molecule has 0 fully saturated rings. The highest BCUT2D eigenvalue weighted by Gasteiger charge is 2.95. The van der Waals surface area contributed by atoms with Crippen molar-refractivity contribution in [3.8, 4) is 0 Å². The first-order valence-corrected chi connectivity index (χ1v) is 8.91. The first-order chi connectivity index (χ1) is 14.7. The molecule has 198 valence electrons. The Labute approximate surface area is 186 Å². The summed E-state index contributed by atoms with van der Waals surface area (Å²) in [6.07, 6.45) is -4.49. The van der Waals surface area contributed by atoms with Gasteiger partial charge in [0, 0.05) is 10.0 Å². The third-order valence-electron chi connectivity index (χ3n) is 4.47. The molecule has 0 nitrogen and oxygen atoms in total. The number of benzene rings is 1. The summed E-state index contributed by atoms with van der Waals surface area (Å²) in [4.78, 5) is 0. The van der Waals surface area contributed by atoms with Crippen molar-refractivity contribution in [3.05, 3.63) is 34.3 Å². The molecule has 0 saturated carbocycles. The molecule has 1 atom stereocenters. The minimum atomic E-state index is -8.57. The molecule has 1 rings (SSSR count). The molecule has 0 N–H and O–H groups in total. The first kappa shape index (κ1) is 30.5. The standard InChI is InChI=1S/C16H8BrF17/c1-6(18)9(19,20)11(23,24)13(27,28)15(31,32)16(33,34)14(29,30)12(25,26)10(21,22)7-3-2-4-8(17)5-7/h2-6H,1H3. The third kappa shape index (κ3) is 3.81. The van der Waals surface area contributed by atoms with Crippen LogP contribution in [0.15, 0.2) is 28.7 Å². The molecule has 18 heteroatoms. The third-order valence-corrected chi connectivity index (χ3v) is 4.96. The van der Waals surface area contributed by atoms with Gasteiger partial charge in [0.05, 0.1) is 0 Å². The maximum Gasteiger partial charge on any atom is 0.385 e. The normalized spacial score (nSPS) is 16.6. The zero-order valence-electron chi connectivity index (χ0n) is 15.7. The Morgan fingerprint density at radius 3 is 1.29 bits per heavy atom. The molecule has 34 heavy (non-hydrogen) atoms. The SMILES string of the molecule is CC(F)C(F)(F)C(F)(F)C(F)(F)C(F)(F)C(F)(F)C(F)(F)C(F)(F)C(F)(F)c1cccc(Br)c1. The Kier molecular flexibility index (Phi) is 7.44. The summed E-state index contributed by atoms with van der Waals surface area (Å²) in [5.74, 6) is -62.9. The van der Waals surface area contributed by atoms with E-state index in [0.717, 1.165) is 6.07 Å². The Morgan fingerprint density at radius 2 is 0.941 bits per heavy atom. The number of rotatable bonds is 9. The fourth-order valence-electron chi connectivity index (χ4n) is 2.31. The lowest BCUT2D eigenvalue weighted by atomic mass is 9.85. The van der Waals surface area contributed by atoms with Gasteiger partial charge in [0.2, 0.25) is 0 Å². The molecule has 0 heterocycles. The van der Waals surface area contributed by atoms with Crippen LogP contribution in [0.25, 0.3) is 0 Å². The van der Waals surface area contributed by atoms with Gasteiger partial charge in [-0.2, -0.15) is 70.2 Å². The summed E-state index contributed by atoms with van der Waals surface area (Å²) in [5.41, 5.74) is -2.25. The lowest BCUT2D eigenvalue weighted by molar-refractivity contribution is -0.456. The smallest absolute Gasteiger partial charge is 0.241 e. The van der Waals surface area contributed by atoms with Crippen LogP contribution in [0.4, 0.5) is 74.6 Å².